The van der Waals surface area contributed by atoms with Gasteiger partial charge in [-0.15, -0.1) is 0 Å². The highest BCUT2D eigenvalue weighted by atomic mass is 16.6. The number of ether oxygens (including phenoxy) is 4. The molecule has 1 fully saturated rings. The maximum Gasteiger partial charge on any atom is 0.344 e. The molecule has 2 aliphatic rings. The predicted molar refractivity (Wildman–Crippen MR) is 131 cm³/mol. The van der Waals surface area contributed by atoms with Crippen molar-refractivity contribution in [3.63, 3.8) is 0 Å². The predicted octanol–water partition coefficient (Wildman–Crippen LogP) is 4.64. The first-order valence-electron chi connectivity index (χ1n) is 12.0. The molecule has 0 bridgehead atoms. The SMILES string of the molecule is O=C(COc1ccc2oc3ccccc3c2c1)OCC(=O)N1CCCC1c1ccc2c(c1)OCCO2. The normalized spacial score (nSPS) is 16.9. The van der Waals surface area contributed by atoms with Gasteiger partial charge in [0.25, 0.3) is 5.91 Å². The molecule has 2 aliphatic heterocycles. The third-order valence-corrected chi connectivity index (χ3v) is 6.59. The minimum absolute atomic E-state index is 0.0835. The minimum Gasteiger partial charge on any atom is -0.486 e. The van der Waals surface area contributed by atoms with Gasteiger partial charge in [0.1, 0.15) is 30.1 Å². The average Bonchev–Trinajstić information content (AvgIpc) is 3.55. The lowest BCUT2D eigenvalue weighted by Gasteiger charge is -2.26. The van der Waals surface area contributed by atoms with Crippen LogP contribution in [0.25, 0.3) is 21.9 Å². The maximum absolute atomic E-state index is 12.9. The molecule has 6 rings (SSSR count). The van der Waals surface area contributed by atoms with Crippen molar-refractivity contribution in [1.82, 2.24) is 4.90 Å². The molecule has 1 aromatic heterocycles. The number of furan rings is 1. The van der Waals surface area contributed by atoms with Crippen LogP contribution in [0.4, 0.5) is 0 Å². The molecule has 8 heteroatoms. The highest BCUT2D eigenvalue weighted by Gasteiger charge is 2.31. The number of amides is 1. The van der Waals surface area contributed by atoms with Gasteiger partial charge >= 0.3 is 5.97 Å². The molecule has 1 saturated heterocycles. The van der Waals surface area contributed by atoms with Gasteiger partial charge in [-0.3, -0.25) is 4.79 Å². The molecule has 1 unspecified atom stereocenters. The lowest BCUT2D eigenvalue weighted by Crippen LogP contribution is -2.34. The van der Waals surface area contributed by atoms with Crippen LogP contribution < -0.4 is 14.2 Å². The van der Waals surface area contributed by atoms with Crippen LogP contribution in [0.5, 0.6) is 17.2 Å². The molecule has 0 spiro atoms. The highest BCUT2D eigenvalue weighted by Crippen LogP contribution is 2.38. The van der Waals surface area contributed by atoms with Gasteiger partial charge in [0, 0.05) is 17.3 Å². The zero-order valence-corrected chi connectivity index (χ0v) is 19.6. The molecule has 0 saturated carbocycles. The summed E-state index contributed by atoms with van der Waals surface area (Å²) in [7, 11) is 0. The van der Waals surface area contributed by atoms with Crippen molar-refractivity contribution in [2.45, 2.75) is 18.9 Å². The van der Waals surface area contributed by atoms with Crippen LogP contribution in [0.2, 0.25) is 0 Å². The fraction of sp³-hybridized carbons (Fsp3) is 0.286. The highest BCUT2D eigenvalue weighted by molar-refractivity contribution is 6.05. The summed E-state index contributed by atoms with van der Waals surface area (Å²) < 4.78 is 28.0. The van der Waals surface area contributed by atoms with Gasteiger partial charge in [-0.05, 0) is 54.8 Å². The summed E-state index contributed by atoms with van der Waals surface area (Å²) >= 11 is 0. The van der Waals surface area contributed by atoms with Crippen LogP contribution in [0.15, 0.2) is 65.1 Å². The van der Waals surface area contributed by atoms with Crippen LogP contribution in [0.3, 0.4) is 0 Å². The molecule has 1 amide bonds. The van der Waals surface area contributed by atoms with Crippen LogP contribution in [-0.4, -0.2) is 49.7 Å². The summed E-state index contributed by atoms with van der Waals surface area (Å²) in [5, 5.41) is 1.88. The molecule has 1 atom stereocenters. The molecule has 0 radical (unpaired) electrons. The zero-order chi connectivity index (χ0) is 24.5. The van der Waals surface area contributed by atoms with E-state index in [-0.39, 0.29) is 25.2 Å². The average molecular weight is 488 g/mol. The first-order chi connectivity index (χ1) is 17.7. The van der Waals surface area contributed by atoms with Crippen molar-refractivity contribution < 1.29 is 33.0 Å². The second-order valence-electron chi connectivity index (χ2n) is 8.85. The number of hydrogen-bond donors (Lipinski definition) is 0. The Kier molecular flexibility index (Phi) is 5.85. The molecular weight excluding hydrogens is 462 g/mol. The summed E-state index contributed by atoms with van der Waals surface area (Å²) in [6.07, 6.45) is 1.72. The second-order valence-corrected chi connectivity index (χ2v) is 8.85. The Hall–Kier alpha value is -4.20. The maximum atomic E-state index is 12.9. The van der Waals surface area contributed by atoms with E-state index in [0.29, 0.717) is 31.3 Å². The fourth-order valence-corrected chi connectivity index (χ4v) is 4.88. The number of rotatable bonds is 6. The number of carbonyl (C=O) groups excluding carboxylic acids is 2. The van der Waals surface area contributed by atoms with Crippen molar-refractivity contribution in [2.75, 3.05) is 33.0 Å². The van der Waals surface area contributed by atoms with Crippen LogP contribution in [0.1, 0.15) is 24.4 Å². The lowest BCUT2D eigenvalue weighted by molar-refractivity contribution is -0.154. The topological polar surface area (TPSA) is 87.4 Å². The van der Waals surface area contributed by atoms with Gasteiger partial charge in [-0.25, -0.2) is 4.79 Å². The van der Waals surface area contributed by atoms with Gasteiger partial charge in [-0.2, -0.15) is 0 Å². The van der Waals surface area contributed by atoms with Gasteiger partial charge < -0.3 is 28.3 Å². The van der Waals surface area contributed by atoms with E-state index in [4.69, 9.17) is 23.4 Å². The molecule has 184 valence electrons. The Morgan fingerprint density at radius 1 is 0.889 bits per heavy atom. The lowest BCUT2D eigenvalue weighted by atomic mass is 10.0. The number of likely N-dealkylation sites (tertiary alicyclic amines) is 1. The molecule has 3 aromatic carbocycles. The van der Waals surface area contributed by atoms with Gasteiger partial charge in [0.2, 0.25) is 0 Å². The van der Waals surface area contributed by atoms with E-state index >= 15 is 0 Å². The third kappa shape index (κ3) is 4.30. The number of nitrogens with zero attached hydrogens (tertiary/aromatic N) is 1. The zero-order valence-electron chi connectivity index (χ0n) is 19.6. The monoisotopic (exact) mass is 487 g/mol. The van der Waals surface area contributed by atoms with Crippen molar-refractivity contribution in [3.8, 4) is 17.2 Å². The Labute approximate surface area is 207 Å². The Balaban J connectivity index is 1.05. The van der Waals surface area contributed by atoms with Crippen molar-refractivity contribution in [1.29, 1.82) is 0 Å². The second kappa shape index (κ2) is 9.45. The Morgan fingerprint density at radius 2 is 1.72 bits per heavy atom. The first-order valence-corrected chi connectivity index (χ1v) is 12.0. The van der Waals surface area contributed by atoms with E-state index in [2.05, 4.69) is 0 Å². The van der Waals surface area contributed by atoms with E-state index in [1.165, 1.54) is 0 Å². The molecule has 3 heterocycles. The van der Waals surface area contributed by atoms with Crippen LogP contribution in [0, 0.1) is 0 Å². The summed E-state index contributed by atoms with van der Waals surface area (Å²) in [4.78, 5) is 26.9. The number of benzene rings is 3. The molecule has 0 N–H and O–H groups in total. The number of hydrogen-bond acceptors (Lipinski definition) is 7. The van der Waals surface area contributed by atoms with Crippen molar-refractivity contribution >= 4 is 33.8 Å². The Morgan fingerprint density at radius 3 is 2.64 bits per heavy atom. The molecule has 4 aromatic rings. The summed E-state index contributed by atoms with van der Waals surface area (Å²) in [6.45, 7) is 1.04. The smallest absolute Gasteiger partial charge is 0.344 e. The molecular formula is C28H25NO7. The van der Waals surface area contributed by atoms with E-state index in [0.717, 1.165) is 46.1 Å². The third-order valence-electron chi connectivity index (χ3n) is 6.59. The number of esters is 1. The number of carbonyl (C=O) groups is 2. The number of fused-ring (bicyclic) bond motifs is 4. The molecule has 8 nitrogen and oxygen atoms in total. The van der Waals surface area contributed by atoms with Gasteiger partial charge in [0.15, 0.2) is 24.7 Å². The summed E-state index contributed by atoms with van der Waals surface area (Å²) in [5.74, 6) is 1.11. The van der Waals surface area contributed by atoms with Gasteiger partial charge in [0.05, 0.1) is 6.04 Å². The van der Waals surface area contributed by atoms with Crippen molar-refractivity contribution in [3.05, 3.63) is 66.2 Å². The van der Waals surface area contributed by atoms with E-state index < -0.39 is 5.97 Å². The molecule has 0 aliphatic carbocycles. The number of para-hydroxylation sites is 1. The van der Waals surface area contributed by atoms with Gasteiger partial charge in [-0.1, -0.05) is 24.3 Å². The van der Waals surface area contributed by atoms with Crippen LogP contribution >= 0.6 is 0 Å². The first kappa shape index (κ1) is 22.3. The van der Waals surface area contributed by atoms with E-state index in [1.54, 1.807) is 11.0 Å². The van der Waals surface area contributed by atoms with E-state index in [1.807, 2.05) is 54.6 Å². The molecule has 36 heavy (non-hydrogen) atoms. The van der Waals surface area contributed by atoms with Crippen molar-refractivity contribution in [2.24, 2.45) is 0 Å². The summed E-state index contributed by atoms with van der Waals surface area (Å²) in [6, 6.07) is 18.8. The standard InChI is InChI=1S/C28H25NO7/c30-27(29-11-3-5-22(29)18-7-9-25-26(14-18)33-13-12-32-25)16-35-28(31)17-34-19-8-10-24-21(15-19)20-4-1-2-6-23(20)36-24/h1-2,4,6-10,14-15,22H,3,5,11-13,16-17H2. The van der Waals surface area contributed by atoms with Crippen LogP contribution in [-0.2, 0) is 14.3 Å². The Bertz CT molecular complexity index is 1440. The summed E-state index contributed by atoms with van der Waals surface area (Å²) in [5.41, 5.74) is 2.52. The van der Waals surface area contributed by atoms with E-state index in [9.17, 15) is 9.59 Å². The minimum atomic E-state index is -0.601. The fourth-order valence-electron chi connectivity index (χ4n) is 4.88. The largest absolute Gasteiger partial charge is 0.486 e. The quantitative estimate of drug-likeness (QED) is 0.366.